The first-order chi connectivity index (χ1) is 15.1. The molecule has 1 atom stereocenters. The lowest BCUT2D eigenvalue weighted by atomic mass is 10.0. The lowest BCUT2D eigenvalue weighted by molar-refractivity contribution is -0.153. The molecule has 0 aliphatic rings. The summed E-state index contributed by atoms with van der Waals surface area (Å²) in [5, 5.41) is 3.98. The van der Waals surface area contributed by atoms with Crippen LogP contribution in [0.2, 0.25) is 0 Å². The van der Waals surface area contributed by atoms with E-state index in [0.29, 0.717) is 12.1 Å². The number of rotatable bonds is 7. The molecule has 0 aliphatic carbocycles. The van der Waals surface area contributed by atoms with Crippen LogP contribution in [0.1, 0.15) is 18.9 Å². The van der Waals surface area contributed by atoms with Crippen LogP contribution in [0.25, 0.3) is 22.0 Å². The van der Waals surface area contributed by atoms with Crippen molar-refractivity contribution in [2.45, 2.75) is 25.9 Å². The van der Waals surface area contributed by atoms with Crippen molar-refractivity contribution >= 4 is 28.5 Å². The SMILES string of the molecule is C[C@@H](OC(=O)CCc1c[nH]c2ccccc12)C(=O)Nc1ccccc1-c1ccccc1. The third-order valence-corrected chi connectivity index (χ3v) is 5.22. The zero-order valence-corrected chi connectivity index (χ0v) is 17.3. The summed E-state index contributed by atoms with van der Waals surface area (Å²) in [5.74, 6) is -0.756. The van der Waals surface area contributed by atoms with Gasteiger partial charge in [0.05, 0.1) is 0 Å². The van der Waals surface area contributed by atoms with Gasteiger partial charge in [0.25, 0.3) is 5.91 Å². The van der Waals surface area contributed by atoms with Crippen LogP contribution in [-0.2, 0) is 20.7 Å². The third kappa shape index (κ3) is 4.83. The maximum atomic E-state index is 12.6. The third-order valence-electron chi connectivity index (χ3n) is 5.22. The van der Waals surface area contributed by atoms with Gasteiger partial charge in [0.2, 0.25) is 0 Å². The van der Waals surface area contributed by atoms with Gasteiger partial charge in [-0.3, -0.25) is 9.59 Å². The van der Waals surface area contributed by atoms with Gasteiger partial charge in [0.15, 0.2) is 6.10 Å². The van der Waals surface area contributed by atoms with E-state index >= 15 is 0 Å². The standard InChI is InChI=1S/C26H24N2O3/c1-18(31-25(29)16-15-20-17-27-23-13-7-5-12-22(20)23)26(30)28-24-14-8-6-11-21(24)19-9-3-2-4-10-19/h2-14,17-18,27H,15-16H2,1H3,(H,28,30)/t18-/m1/s1. The van der Waals surface area contributed by atoms with Crippen LogP contribution in [0.3, 0.4) is 0 Å². The number of hydrogen-bond acceptors (Lipinski definition) is 3. The van der Waals surface area contributed by atoms with Crippen molar-refractivity contribution in [1.82, 2.24) is 4.98 Å². The fourth-order valence-corrected chi connectivity index (χ4v) is 3.58. The van der Waals surface area contributed by atoms with Gasteiger partial charge in [-0.1, -0.05) is 66.7 Å². The predicted octanol–water partition coefficient (Wildman–Crippen LogP) is 5.34. The highest BCUT2D eigenvalue weighted by Gasteiger charge is 2.19. The lowest BCUT2D eigenvalue weighted by Crippen LogP contribution is -2.30. The number of carbonyl (C=O) groups excluding carboxylic acids is 2. The number of esters is 1. The van der Waals surface area contributed by atoms with Crippen molar-refractivity contribution in [3.05, 3.63) is 90.6 Å². The molecule has 5 nitrogen and oxygen atoms in total. The van der Waals surface area contributed by atoms with Gasteiger partial charge in [-0.2, -0.15) is 0 Å². The quantitative estimate of drug-likeness (QED) is 0.403. The Morgan fingerprint density at radius 1 is 0.935 bits per heavy atom. The Labute approximate surface area is 181 Å². The number of benzene rings is 3. The minimum Gasteiger partial charge on any atom is -0.453 e. The summed E-state index contributed by atoms with van der Waals surface area (Å²) in [6.07, 6.45) is 1.78. The molecule has 2 N–H and O–H groups in total. The molecule has 1 aromatic heterocycles. The number of hydrogen-bond donors (Lipinski definition) is 2. The first-order valence-electron chi connectivity index (χ1n) is 10.3. The molecule has 0 saturated heterocycles. The van der Waals surface area contributed by atoms with Crippen molar-refractivity contribution in [2.75, 3.05) is 5.32 Å². The van der Waals surface area contributed by atoms with Crippen LogP contribution >= 0.6 is 0 Å². The van der Waals surface area contributed by atoms with E-state index in [4.69, 9.17) is 4.74 Å². The largest absolute Gasteiger partial charge is 0.453 e. The fraction of sp³-hybridized carbons (Fsp3) is 0.154. The predicted molar refractivity (Wildman–Crippen MR) is 123 cm³/mol. The summed E-state index contributed by atoms with van der Waals surface area (Å²) in [4.78, 5) is 28.2. The number of nitrogens with one attached hydrogen (secondary N) is 2. The second-order valence-electron chi connectivity index (χ2n) is 7.39. The second kappa shape index (κ2) is 9.30. The lowest BCUT2D eigenvalue weighted by Gasteiger charge is -2.16. The normalized spacial score (nSPS) is 11.8. The Kier molecular flexibility index (Phi) is 6.13. The molecule has 156 valence electrons. The van der Waals surface area contributed by atoms with Gasteiger partial charge in [-0.25, -0.2) is 0 Å². The summed E-state index contributed by atoms with van der Waals surface area (Å²) in [7, 11) is 0. The van der Waals surface area contributed by atoms with Crippen LogP contribution in [0.15, 0.2) is 85.1 Å². The molecule has 0 spiro atoms. The number of ether oxygens (including phenoxy) is 1. The zero-order chi connectivity index (χ0) is 21.6. The number of para-hydroxylation sites is 2. The fourth-order valence-electron chi connectivity index (χ4n) is 3.58. The van der Waals surface area contributed by atoms with Gasteiger partial charge in [0.1, 0.15) is 0 Å². The number of anilines is 1. The topological polar surface area (TPSA) is 71.2 Å². The smallest absolute Gasteiger partial charge is 0.306 e. The Bertz CT molecular complexity index is 1200. The molecular weight excluding hydrogens is 388 g/mol. The monoisotopic (exact) mass is 412 g/mol. The van der Waals surface area contributed by atoms with Crippen molar-refractivity contribution in [1.29, 1.82) is 0 Å². The molecule has 31 heavy (non-hydrogen) atoms. The van der Waals surface area contributed by atoms with Crippen LogP contribution in [0.5, 0.6) is 0 Å². The Morgan fingerprint density at radius 2 is 1.65 bits per heavy atom. The molecule has 0 fully saturated rings. The highest BCUT2D eigenvalue weighted by atomic mass is 16.5. The van der Waals surface area contributed by atoms with E-state index in [9.17, 15) is 9.59 Å². The van der Waals surface area contributed by atoms with E-state index in [-0.39, 0.29) is 12.3 Å². The van der Waals surface area contributed by atoms with Crippen LogP contribution in [0, 0.1) is 0 Å². The summed E-state index contributed by atoms with van der Waals surface area (Å²) in [6, 6.07) is 25.3. The highest BCUT2D eigenvalue weighted by Crippen LogP contribution is 2.27. The molecule has 5 heteroatoms. The Morgan fingerprint density at radius 3 is 2.48 bits per heavy atom. The number of H-pyrrole nitrogens is 1. The van der Waals surface area contributed by atoms with Crippen molar-refractivity contribution < 1.29 is 14.3 Å². The summed E-state index contributed by atoms with van der Waals surface area (Å²) >= 11 is 0. The summed E-state index contributed by atoms with van der Waals surface area (Å²) in [6.45, 7) is 1.59. The molecule has 4 rings (SSSR count). The molecular formula is C26H24N2O3. The summed E-state index contributed by atoms with van der Waals surface area (Å²) in [5.41, 5.74) is 4.69. The average Bonchev–Trinajstić information content (AvgIpc) is 3.22. The van der Waals surface area contributed by atoms with Gasteiger partial charge in [-0.15, -0.1) is 0 Å². The van der Waals surface area contributed by atoms with E-state index in [1.165, 1.54) is 0 Å². The van der Waals surface area contributed by atoms with Crippen molar-refractivity contribution in [3.63, 3.8) is 0 Å². The minimum absolute atomic E-state index is 0.208. The van der Waals surface area contributed by atoms with Crippen molar-refractivity contribution in [3.8, 4) is 11.1 Å². The van der Waals surface area contributed by atoms with E-state index in [1.807, 2.05) is 85.1 Å². The van der Waals surface area contributed by atoms with E-state index in [1.54, 1.807) is 6.92 Å². The highest BCUT2D eigenvalue weighted by molar-refractivity contribution is 5.98. The number of carbonyl (C=O) groups is 2. The summed E-state index contributed by atoms with van der Waals surface area (Å²) < 4.78 is 5.38. The molecule has 0 unspecified atom stereocenters. The molecule has 0 bridgehead atoms. The van der Waals surface area contributed by atoms with E-state index < -0.39 is 12.1 Å². The zero-order valence-electron chi connectivity index (χ0n) is 17.3. The Hall–Kier alpha value is -3.86. The molecule has 3 aromatic carbocycles. The minimum atomic E-state index is -0.890. The number of aromatic amines is 1. The average molecular weight is 412 g/mol. The van der Waals surface area contributed by atoms with Gasteiger partial charge >= 0.3 is 5.97 Å². The van der Waals surface area contributed by atoms with Crippen molar-refractivity contribution in [2.24, 2.45) is 0 Å². The molecule has 1 amide bonds. The van der Waals surface area contributed by atoms with Crippen LogP contribution in [-0.4, -0.2) is 23.0 Å². The molecule has 1 heterocycles. The van der Waals surface area contributed by atoms with Gasteiger partial charge in [0, 0.05) is 34.8 Å². The van der Waals surface area contributed by atoms with Crippen LogP contribution < -0.4 is 5.32 Å². The Balaban J connectivity index is 1.35. The first-order valence-corrected chi connectivity index (χ1v) is 10.3. The maximum absolute atomic E-state index is 12.6. The molecule has 0 radical (unpaired) electrons. The first kappa shape index (κ1) is 20.4. The van der Waals surface area contributed by atoms with Crippen LogP contribution in [0.4, 0.5) is 5.69 Å². The number of fused-ring (bicyclic) bond motifs is 1. The molecule has 4 aromatic rings. The number of amides is 1. The van der Waals surface area contributed by atoms with E-state index in [2.05, 4.69) is 10.3 Å². The van der Waals surface area contributed by atoms with Gasteiger partial charge < -0.3 is 15.0 Å². The maximum Gasteiger partial charge on any atom is 0.306 e. The number of aromatic nitrogens is 1. The number of aryl methyl sites for hydroxylation is 1. The second-order valence-corrected chi connectivity index (χ2v) is 7.39. The molecule has 0 aliphatic heterocycles. The molecule has 0 saturated carbocycles. The van der Waals surface area contributed by atoms with E-state index in [0.717, 1.165) is 27.6 Å². The van der Waals surface area contributed by atoms with Gasteiger partial charge in [-0.05, 0) is 36.6 Å².